The molecule has 0 aliphatic carbocycles. The quantitative estimate of drug-likeness (QED) is 0.761. The molecule has 1 aromatic carbocycles. The van der Waals surface area contributed by atoms with Crippen LogP contribution >= 0.6 is 11.6 Å². The second-order valence-corrected chi connectivity index (χ2v) is 6.68. The number of rotatable bonds is 3. The molecule has 0 bridgehead atoms. The Morgan fingerprint density at radius 3 is 2.48 bits per heavy atom. The fourth-order valence-electron chi connectivity index (χ4n) is 3.78. The van der Waals surface area contributed by atoms with E-state index in [1.807, 2.05) is 19.9 Å². The highest BCUT2D eigenvalue weighted by Gasteiger charge is 2.34. The molecule has 25 heavy (non-hydrogen) atoms. The summed E-state index contributed by atoms with van der Waals surface area (Å²) < 4.78 is 18.1. The Kier molecular flexibility index (Phi) is 4.45. The molecule has 0 fully saturated rings. The van der Waals surface area contributed by atoms with E-state index in [0.717, 1.165) is 34.5 Å². The van der Waals surface area contributed by atoms with Crippen molar-refractivity contribution in [2.75, 3.05) is 21.3 Å². The number of carbonyl (C=O) groups is 1. The van der Waals surface area contributed by atoms with Gasteiger partial charge in [-0.2, -0.15) is 0 Å². The van der Waals surface area contributed by atoms with Crippen LogP contribution in [0, 0.1) is 13.8 Å². The minimum atomic E-state index is -0.347. The van der Waals surface area contributed by atoms with Crippen molar-refractivity contribution < 1.29 is 19.0 Å². The Balaban J connectivity index is 2.42. The number of nitrogens with zero attached hydrogens (tertiary/aromatic N) is 1. The number of benzene rings is 1. The predicted molar refractivity (Wildman–Crippen MR) is 97.2 cm³/mol. The summed E-state index contributed by atoms with van der Waals surface area (Å²) in [5.41, 5.74) is 5.24. The highest BCUT2D eigenvalue weighted by Crippen LogP contribution is 2.49. The van der Waals surface area contributed by atoms with Crippen molar-refractivity contribution in [2.45, 2.75) is 33.2 Å². The van der Waals surface area contributed by atoms with Gasteiger partial charge in [-0.25, -0.2) is 4.79 Å². The molecule has 1 aliphatic heterocycles. The van der Waals surface area contributed by atoms with Gasteiger partial charge >= 0.3 is 5.97 Å². The van der Waals surface area contributed by atoms with Gasteiger partial charge in [0, 0.05) is 17.3 Å². The van der Waals surface area contributed by atoms with Crippen molar-refractivity contribution in [3.63, 3.8) is 0 Å². The number of methoxy groups -OCH3 is 3. The first kappa shape index (κ1) is 17.7. The Morgan fingerprint density at radius 2 is 1.92 bits per heavy atom. The first-order chi connectivity index (χ1) is 11.9. The van der Waals surface area contributed by atoms with E-state index in [4.69, 9.17) is 25.8 Å². The monoisotopic (exact) mass is 363 g/mol. The van der Waals surface area contributed by atoms with Crippen molar-refractivity contribution >= 4 is 17.6 Å². The third kappa shape index (κ3) is 2.41. The molecule has 0 N–H and O–H groups in total. The van der Waals surface area contributed by atoms with E-state index < -0.39 is 0 Å². The van der Waals surface area contributed by atoms with Gasteiger partial charge in [0.05, 0.1) is 37.6 Å². The van der Waals surface area contributed by atoms with E-state index in [2.05, 4.69) is 11.5 Å². The van der Waals surface area contributed by atoms with Crippen molar-refractivity contribution in [1.29, 1.82) is 0 Å². The van der Waals surface area contributed by atoms with Gasteiger partial charge in [-0.05, 0) is 44.4 Å². The van der Waals surface area contributed by atoms with Crippen LogP contribution in [0.2, 0.25) is 5.02 Å². The third-order valence-electron chi connectivity index (χ3n) is 5.05. The van der Waals surface area contributed by atoms with E-state index in [9.17, 15) is 4.79 Å². The molecular weight excluding hydrogens is 342 g/mol. The summed E-state index contributed by atoms with van der Waals surface area (Å²) >= 11 is 6.62. The Morgan fingerprint density at radius 1 is 1.24 bits per heavy atom. The molecule has 2 heterocycles. The maximum atomic E-state index is 12.5. The van der Waals surface area contributed by atoms with Crippen LogP contribution in [-0.2, 0) is 11.2 Å². The Labute approximate surface area is 152 Å². The van der Waals surface area contributed by atoms with Crippen LogP contribution in [0.15, 0.2) is 6.07 Å². The number of hydrogen-bond acceptors (Lipinski definition) is 4. The maximum Gasteiger partial charge on any atom is 0.340 e. The van der Waals surface area contributed by atoms with Crippen LogP contribution in [-0.4, -0.2) is 31.9 Å². The Hall–Kier alpha value is -2.14. The fourth-order valence-corrected chi connectivity index (χ4v) is 4.13. The smallest absolute Gasteiger partial charge is 0.340 e. The average molecular weight is 364 g/mol. The molecule has 1 aromatic heterocycles. The molecule has 2 aromatic rings. The highest BCUT2D eigenvalue weighted by molar-refractivity contribution is 6.33. The maximum absolute atomic E-state index is 12.5. The molecule has 1 unspecified atom stereocenters. The van der Waals surface area contributed by atoms with Gasteiger partial charge in [0.25, 0.3) is 0 Å². The van der Waals surface area contributed by atoms with Gasteiger partial charge in [-0.15, -0.1) is 0 Å². The summed E-state index contributed by atoms with van der Waals surface area (Å²) in [6.45, 7) is 6.09. The zero-order valence-electron chi connectivity index (χ0n) is 15.3. The average Bonchev–Trinajstić information content (AvgIpc) is 2.87. The lowest BCUT2D eigenvalue weighted by atomic mass is 9.91. The van der Waals surface area contributed by atoms with Crippen molar-refractivity contribution in [3.05, 3.63) is 33.5 Å². The first-order valence-corrected chi connectivity index (χ1v) is 8.48. The summed E-state index contributed by atoms with van der Waals surface area (Å²) in [5, 5.41) is 0.530. The number of aromatic nitrogens is 1. The van der Waals surface area contributed by atoms with Gasteiger partial charge in [0.2, 0.25) is 0 Å². The number of hydrogen-bond donors (Lipinski definition) is 0. The van der Waals surface area contributed by atoms with Crippen molar-refractivity contribution in [3.8, 4) is 22.8 Å². The lowest BCUT2D eigenvalue weighted by Gasteiger charge is -2.29. The Bertz CT molecular complexity index is 869. The van der Waals surface area contributed by atoms with Gasteiger partial charge in [0.1, 0.15) is 0 Å². The molecule has 0 saturated heterocycles. The third-order valence-corrected chi connectivity index (χ3v) is 5.45. The zero-order valence-corrected chi connectivity index (χ0v) is 16.1. The number of ether oxygens (including phenoxy) is 3. The fraction of sp³-hybridized carbons (Fsp3) is 0.421. The number of halogens is 1. The molecule has 134 valence electrons. The van der Waals surface area contributed by atoms with Crippen LogP contribution in [0.4, 0.5) is 0 Å². The minimum Gasteiger partial charge on any atom is -0.493 e. The van der Waals surface area contributed by atoms with Gasteiger partial charge < -0.3 is 18.8 Å². The van der Waals surface area contributed by atoms with Gasteiger partial charge in [-0.1, -0.05) is 11.6 Å². The lowest BCUT2D eigenvalue weighted by molar-refractivity contribution is 0.0601. The predicted octanol–water partition coefficient (Wildman–Crippen LogP) is 4.35. The molecule has 5 nitrogen and oxygen atoms in total. The summed E-state index contributed by atoms with van der Waals surface area (Å²) in [6.07, 6.45) is 0.747. The minimum absolute atomic E-state index is 0.162. The van der Waals surface area contributed by atoms with Crippen LogP contribution in [0.5, 0.6) is 11.5 Å². The van der Waals surface area contributed by atoms with E-state index in [1.54, 1.807) is 14.2 Å². The molecule has 1 aliphatic rings. The van der Waals surface area contributed by atoms with Crippen LogP contribution in [0.3, 0.4) is 0 Å². The van der Waals surface area contributed by atoms with Crippen LogP contribution < -0.4 is 9.47 Å². The topological polar surface area (TPSA) is 49.7 Å². The van der Waals surface area contributed by atoms with E-state index in [1.165, 1.54) is 7.11 Å². The molecule has 3 rings (SSSR count). The number of carbonyl (C=O) groups excluding carboxylic acids is 1. The summed E-state index contributed by atoms with van der Waals surface area (Å²) in [7, 11) is 4.54. The van der Waals surface area contributed by atoms with Gasteiger partial charge in [0.15, 0.2) is 11.5 Å². The zero-order chi connectivity index (χ0) is 18.5. The number of esters is 1. The van der Waals surface area contributed by atoms with E-state index >= 15 is 0 Å². The largest absolute Gasteiger partial charge is 0.493 e. The van der Waals surface area contributed by atoms with Crippen molar-refractivity contribution in [2.24, 2.45) is 0 Å². The number of fused-ring (bicyclic) bond motifs is 3. The van der Waals surface area contributed by atoms with E-state index in [0.29, 0.717) is 22.1 Å². The molecule has 0 saturated carbocycles. The van der Waals surface area contributed by atoms with E-state index in [-0.39, 0.29) is 12.0 Å². The molecule has 0 spiro atoms. The van der Waals surface area contributed by atoms with Crippen LogP contribution in [0.1, 0.15) is 40.1 Å². The van der Waals surface area contributed by atoms with Crippen molar-refractivity contribution in [1.82, 2.24) is 4.57 Å². The second kappa shape index (κ2) is 6.30. The lowest BCUT2D eigenvalue weighted by Crippen LogP contribution is -2.19. The molecule has 0 radical (unpaired) electrons. The second-order valence-electron chi connectivity index (χ2n) is 6.30. The molecule has 0 amide bonds. The first-order valence-electron chi connectivity index (χ1n) is 8.10. The highest BCUT2D eigenvalue weighted by atomic mass is 35.5. The normalized spacial score (nSPS) is 15.4. The SMILES string of the molecule is COC(=O)c1c(C)c(C)n2c1-c1cc(OC)c(OC)c(Cl)c1CC2C. The summed E-state index contributed by atoms with van der Waals surface area (Å²) in [5.74, 6) is 0.711. The molecular formula is C19H22ClNO4. The summed E-state index contributed by atoms with van der Waals surface area (Å²) in [4.78, 5) is 12.5. The van der Waals surface area contributed by atoms with Gasteiger partial charge in [-0.3, -0.25) is 0 Å². The standard InChI is InChI=1S/C19H22ClNO4/c1-9-7-12-13(8-14(23-4)18(24-5)16(12)20)17-15(19(22)25-6)10(2)11(3)21(9)17/h8-9H,7H2,1-6H3. The van der Waals surface area contributed by atoms with Crippen LogP contribution in [0.25, 0.3) is 11.3 Å². The summed E-state index contributed by atoms with van der Waals surface area (Å²) in [6, 6.07) is 2.05. The molecule has 6 heteroatoms. The molecule has 1 atom stereocenters.